The Labute approximate surface area is 113 Å². The zero-order valence-corrected chi connectivity index (χ0v) is 11.9. The van der Waals surface area contributed by atoms with Crippen molar-refractivity contribution in [3.8, 4) is 11.8 Å². The summed E-state index contributed by atoms with van der Waals surface area (Å²) >= 11 is 1.47. The molecule has 1 amide bonds. The van der Waals surface area contributed by atoms with Crippen LogP contribution >= 0.6 is 11.3 Å². The molecule has 0 aliphatic rings. The Morgan fingerprint density at radius 2 is 2.28 bits per heavy atom. The number of amides is 1. The van der Waals surface area contributed by atoms with Crippen molar-refractivity contribution in [2.75, 3.05) is 6.54 Å². The molecule has 0 fully saturated rings. The first-order valence-electron chi connectivity index (χ1n) is 6.16. The van der Waals surface area contributed by atoms with E-state index in [4.69, 9.17) is 5.73 Å². The summed E-state index contributed by atoms with van der Waals surface area (Å²) in [5.74, 6) is 6.16. The predicted molar refractivity (Wildman–Crippen MR) is 76.6 cm³/mol. The molecule has 4 heteroatoms. The highest BCUT2D eigenvalue weighted by Crippen LogP contribution is 2.14. The Morgan fingerprint density at radius 1 is 1.56 bits per heavy atom. The van der Waals surface area contributed by atoms with Gasteiger partial charge in [-0.05, 0) is 18.9 Å². The second-order valence-electron chi connectivity index (χ2n) is 4.35. The molecule has 3 nitrogen and oxygen atoms in total. The van der Waals surface area contributed by atoms with Gasteiger partial charge >= 0.3 is 0 Å². The van der Waals surface area contributed by atoms with E-state index in [1.165, 1.54) is 11.3 Å². The van der Waals surface area contributed by atoms with Gasteiger partial charge in [0.05, 0.1) is 17.0 Å². The molecule has 3 N–H and O–H groups in total. The van der Waals surface area contributed by atoms with Crippen molar-refractivity contribution < 1.29 is 4.79 Å². The molecule has 1 heterocycles. The maximum atomic E-state index is 12.0. The molecule has 0 spiro atoms. The van der Waals surface area contributed by atoms with Gasteiger partial charge in [-0.25, -0.2) is 0 Å². The normalized spacial score (nSPS) is 13.3. The Bertz CT molecular complexity index is 456. The number of rotatable bonds is 4. The van der Waals surface area contributed by atoms with Crippen LogP contribution in [0.5, 0.6) is 0 Å². The maximum Gasteiger partial charge on any atom is 0.252 e. The molecule has 0 radical (unpaired) electrons. The number of hydrogen-bond acceptors (Lipinski definition) is 3. The second kappa shape index (κ2) is 7.20. The van der Waals surface area contributed by atoms with Crippen LogP contribution in [0.3, 0.4) is 0 Å². The molecule has 0 saturated carbocycles. The third-order valence-corrected chi connectivity index (χ3v) is 3.88. The number of carbonyl (C=O) groups excluding carboxylic acids is 1. The van der Waals surface area contributed by atoms with Crippen LogP contribution in [0.1, 0.15) is 42.4 Å². The van der Waals surface area contributed by atoms with Gasteiger partial charge in [-0.3, -0.25) is 4.79 Å². The van der Waals surface area contributed by atoms with Crippen LogP contribution in [0.25, 0.3) is 0 Å². The van der Waals surface area contributed by atoms with E-state index in [9.17, 15) is 4.79 Å². The van der Waals surface area contributed by atoms with Gasteiger partial charge < -0.3 is 11.1 Å². The lowest BCUT2D eigenvalue weighted by Gasteiger charge is -2.19. The van der Waals surface area contributed by atoms with Crippen LogP contribution in [0.4, 0.5) is 0 Å². The lowest BCUT2D eigenvalue weighted by atomic mass is 10.0. The Balaban J connectivity index is 2.64. The van der Waals surface area contributed by atoms with Crippen molar-refractivity contribution in [1.82, 2.24) is 5.32 Å². The molecule has 0 saturated heterocycles. The molecule has 0 aliphatic carbocycles. The number of nitrogens with two attached hydrogens (primary N) is 1. The van der Waals surface area contributed by atoms with E-state index in [-0.39, 0.29) is 11.9 Å². The molecular formula is C14H20N2OS. The van der Waals surface area contributed by atoms with E-state index < -0.39 is 0 Å². The lowest BCUT2D eigenvalue weighted by Crippen LogP contribution is -2.36. The first-order chi connectivity index (χ1) is 8.58. The second-order valence-corrected chi connectivity index (χ2v) is 5.26. The highest BCUT2D eigenvalue weighted by atomic mass is 32.1. The van der Waals surface area contributed by atoms with Gasteiger partial charge in [0.25, 0.3) is 5.91 Å². The average molecular weight is 264 g/mol. The molecule has 0 aromatic carbocycles. The summed E-state index contributed by atoms with van der Waals surface area (Å²) in [7, 11) is 0. The minimum absolute atomic E-state index is 0.0279. The van der Waals surface area contributed by atoms with Crippen LogP contribution in [0.2, 0.25) is 0 Å². The minimum Gasteiger partial charge on any atom is -0.349 e. The third kappa shape index (κ3) is 4.17. The minimum atomic E-state index is -0.0279. The first kappa shape index (κ1) is 14.7. The van der Waals surface area contributed by atoms with Gasteiger partial charge in [-0.2, -0.15) is 0 Å². The van der Waals surface area contributed by atoms with Crippen LogP contribution in [0.15, 0.2) is 11.4 Å². The molecule has 0 bridgehead atoms. The number of carbonyl (C=O) groups is 1. The predicted octanol–water partition coefficient (Wildman–Crippen LogP) is 2.22. The summed E-state index contributed by atoms with van der Waals surface area (Å²) in [6, 6.07) is 1.99. The van der Waals surface area contributed by atoms with Crippen molar-refractivity contribution in [1.29, 1.82) is 0 Å². The fourth-order valence-electron chi connectivity index (χ4n) is 1.44. The van der Waals surface area contributed by atoms with Gasteiger partial charge in [0.2, 0.25) is 0 Å². The summed E-state index contributed by atoms with van der Waals surface area (Å²) in [5.41, 5.74) is 5.99. The van der Waals surface area contributed by atoms with Crippen LogP contribution < -0.4 is 11.1 Å². The molecule has 1 aromatic rings. The van der Waals surface area contributed by atoms with Crippen LogP contribution in [0, 0.1) is 17.8 Å². The molecule has 2 atom stereocenters. The Hall–Kier alpha value is -1.31. The van der Waals surface area contributed by atoms with Crippen LogP contribution in [-0.4, -0.2) is 18.5 Å². The maximum absolute atomic E-state index is 12.0. The van der Waals surface area contributed by atoms with Crippen molar-refractivity contribution in [2.24, 2.45) is 11.7 Å². The molecular weight excluding hydrogens is 244 g/mol. The average Bonchev–Trinajstić information content (AvgIpc) is 2.83. The molecule has 2 unspecified atom stereocenters. The van der Waals surface area contributed by atoms with Crippen molar-refractivity contribution in [3.63, 3.8) is 0 Å². The van der Waals surface area contributed by atoms with E-state index in [1.807, 2.05) is 18.4 Å². The Kier molecular flexibility index (Phi) is 5.90. The van der Waals surface area contributed by atoms with Gasteiger partial charge in [-0.1, -0.05) is 32.1 Å². The number of thiophene rings is 1. The molecule has 1 aromatic heterocycles. The summed E-state index contributed by atoms with van der Waals surface area (Å²) < 4.78 is 0. The van der Waals surface area contributed by atoms with Crippen molar-refractivity contribution in [2.45, 2.75) is 33.2 Å². The van der Waals surface area contributed by atoms with E-state index >= 15 is 0 Å². The number of hydrogen-bond donors (Lipinski definition) is 2. The highest BCUT2D eigenvalue weighted by Gasteiger charge is 2.15. The van der Waals surface area contributed by atoms with Crippen molar-refractivity contribution in [3.05, 3.63) is 21.9 Å². The zero-order valence-electron chi connectivity index (χ0n) is 11.1. The van der Waals surface area contributed by atoms with E-state index in [1.54, 1.807) is 0 Å². The summed E-state index contributed by atoms with van der Waals surface area (Å²) in [6.45, 7) is 6.63. The number of nitrogens with one attached hydrogen (secondary N) is 1. The zero-order chi connectivity index (χ0) is 13.5. The molecule has 0 aliphatic heterocycles. The molecule has 1 rings (SSSR count). The van der Waals surface area contributed by atoms with E-state index in [2.05, 4.69) is 31.0 Å². The topological polar surface area (TPSA) is 55.1 Å². The smallest absolute Gasteiger partial charge is 0.252 e. The Morgan fingerprint density at radius 3 is 2.89 bits per heavy atom. The first-order valence-corrected chi connectivity index (χ1v) is 7.04. The summed E-state index contributed by atoms with van der Waals surface area (Å²) in [5, 5.41) is 4.84. The highest BCUT2D eigenvalue weighted by molar-refractivity contribution is 7.10. The third-order valence-electron chi connectivity index (χ3n) is 3.03. The lowest BCUT2D eigenvalue weighted by molar-refractivity contribution is 0.0928. The molecule has 98 valence electrons. The van der Waals surface area contributed by atoms with Gasteiger partial charge in [0.15, 0.2) is 0 Å². The van der Waals surface area contributed by atoms with Crippen LogP contribution in [-0.2, 0) is 0 Å². The van der Waals surface area contributed by atoms with Crippen molar-refractivity contribution >= 4 is 17.2 Å². The fraction of sp³-hybridized carbons (Fsp3) is 0.500. The summed E-state index contributed by atoms with van der Waals surface area (Å²) in [6.07, 6.45) is 1.05. The fourth-order valence-corrected chi connectivity index (χ4v) is 2.20. The van der Waals surface area contributed by atoms with E-state index in [0.29, 0.717) is 18.0 Å². The van der Waals surface area contributed by atoms with Gasteiger partial charge in [-0.15, -0.1) is 11.3 Å². The SMILES string of the molecule is CCC(C)C(C)NC(=O)c1csc(C#CCN)c1. The van der Waals surface area contributed by atoms with E-state index in [0.717, 1.165) is 11.3 Å². The summed E-state index contributed by atoms with van der Waals surface area (Å²) in [4.78, 5) is 12.9. The molecule has 18 heavy (non-hydrogen) atoms. The quantitative estimate of drug-likeness (QED) is 0.819. The van der Waals surface area contributed by atoms with Gasteiger partial charge in [0, 0.05) is 11.4 Å². The standard InChI is InChI=1S/C14H20N2OS/c1-4-10(2)11(3)16-14(17)12-8-13(18-9-12)6-5-7-15/h8-11H,4,7,15H2,1-3H3,(H,16,17). The largest absolute Gasteiger partial charge is 0.349 e. The van der Waals surface area contributed by atoms with Gasteiger partial charge in [0.1, 0.15) is 0 Å². The monoisotopic (exact) mass is 264 g/mol.